The number of methoxy groups -OCH3 is 1. The van der Waals surface area contributed by atoms with Crippen molar-refractivity contribution in [3.63, 3.8) is 0 Å². The van der Waals surface area contributed by atoms with Crippen molar-refractivity contribution in [2.24, 2.45) is 0 Å². The minimum atomic E-state index is -3.61. The normalized spacial score (nSPS) is 14.8. The summed E-state index contributed by atoms with van der Waals surface area (Å²) in [7, 11) is -2.01. The summed E-state index contributed by atoms with van der Waals surface area (Å²) in [5, 5.41) is 3.62. The van der Waals surface area contributed by atoms with E-state index in [1.807, 2.05) is 38.1 Å². The first-order valence-corrected chi connectivity index (χ1v) is 16.2. The Labute approximate surface area is 244 Å². The number of nitrogens with zero attached hydrogens (tertiary/aromatic N) is 2. The van der Waals surface area contributed by atoms with E-state index in [2.05, 4.69) is 5.32 Å². The average Bonchev–Trinajstić information content (AvgIpc) is 2.92. The Balaban J connectivity index is 1.78. The summed E-state index contributed by atoms with van der Waals surface area (Å²) >= 11 is 6.16. The van der Waals surface area contributed by atoms with Crippen LogP contribution in [0.4, 0.5) is 5.69 Å². The van der Waals surface area contributed by atoms with Crippen LogP contribution in [0.25, 0.3) is 0 Å². The number of benzene rings is 2. The van der Waals surface area contributed by atoms with E-state index in [1.165, 1.54) is 10.7 Å². The van der Waals surface area contributed by atoms with Gasteiger partial charge >= 0.3 is 0 Å². The Hall–Kier alpha value is -2.78. The van der Waals surface area contributed by atoms with E-state index < -0.39 is 16.1 Å². The third-order valence-corrected chi connectivity index (χ3v) is 8.86. The topological polar surface area (TPSA) is 96.0 Å². The van der Waals surface area contributed by atoms with Crippen molar-refractivity contribution in [3.05, 3.63) is 58.6 Å². The molecule has 0 bridgehead atoms. The zero-order valence-corrected chi connectivity index (χ0v) is 25.6. The first-order valence-electron chi connectivity index (χ1n) is 14.0. The minimum Gasteiger partial charge on any atom is -0.497 e. The number of nitrogens with one attached hydrogen (secondary N) is 1. The number of rotatable bonds is 13. The maximum Gasteiger partial charge on any atom is 0.243 e. The van der Waals surface area contributed by atoms with Gasteiger partial charge in [0.15, 0.2) is 0 Å². The van der Waals surface area contributed by atoms with Gasteiger partial charge in [-0.15, -0.1) is 0 Å². The molecule has 1 saturated carbocycles. The summed E-state index contributed by atoms with van der Waals surface area (Å²) in [4.78, 5) is 28.7. The van der Waals surface area contributed by atoms with E-state index in [0.29, 0.717) is 22.9 Å². The fourth-order valence-electron chi connectivity index (χ4n) is 5.23. The summed E-state index contributed by atoms with van der Waals surface area (Å²) in [6.45, 7) is 4.12. The highest BCUT2D eigenvalue weighted by Gasteiger charge is 2.30. The lowest BCUT2D eigenvalue weighted by molar-refractivity contribution is -0.141. The molecule has 2 aromatic rings. The van der Waals surface area contributed by atoms with Crippen LogP contribution in [0.1, 0.15) is 69.4 Å². The number of anilines is 1. The van der Waals surface area contributed by atoms with Crippen LogP contribution in [-0.2, 0) is 26.2 Å². The third-order valence-electron chi connectivity index (χ3n) is 7.44. The van der Waals surface area contributed by atoms with Crippen molar-refractivity contribution >= 4 is 39.1 Å². The first kappa shape index (κ1) is 31.7. The second-order valence-corrected chi connectivity index (χ2v) is 12.9. The van der Waals surface area contributed by atoms with E-state index in [0.717, 1.165) is 43.1 Å². The predicted molar refractivity (Wildman–Crippen MR) is 160 cm³/mol. The number of halogens is 1. The van der Waals surface area contributed by atoms with Crippen molar-refractivity contribution in [3.8, 4) is 5.75 Å². The van der Waals surface area contributed by atoms with Crippen molar-refractivity contribution in [1.29, 1.82) is 0 Å². The first-order chi connectivity index (χ1) is 19.0. The molecule has 0 aliphatic heterocycles. The van der Waals surface area contributed by atoms with Crippen molar-refractivity contribution in [2.45, 2.75) is 83.8 Å². The number of carbonyl (C=O) groups excluding carboxylic acids is 2. The molecular formula is C30H42ClN3O5S. The third kappa shape index (κ3) is 8.86. The highest BCUT2D eigenvalue weighted by molar-refractivity contribution is 7.92. The molecule has 1 aliphatic rings. The average molecular weight is 592 g/mol. The molecule has 2 amide bonds. The molecule has 0 saturated heterocycles. The summed E-state index contributed by atoms with van der Waals surface area (Å²) < 4.78 is 31.9. The maximum atomic E-state index is 13.7. The van der Waals surface area contributed by atoms with Gasteiger partial charge in [0.1, 0.15) is 11.8 Å². The van der Waals surface area contributed by atoms with Crippen LogP contribution in [0.5, 0.6) is 5.75 Å². The molecule has 220 valence electrons. The molecule has 0 unspecified atom stereocenters. The molecule has 1 fully saturated rings. The lowest BCUT2D eigenvalue weighted by Crippen LogP contribution is -2.51. The van der Waals surface area contributed by atoms with E-state index in [-0.39, 0.29) is 43.8 Å². The molecule has 10 heteroatoms. The van der Waals surface area contributed by atoms with Gasteiger partial charge in [-0.1, -0.05) is 56.0 Å². The van der Waals surface area contributed by atoms with Crippen molar-refractivity contribution in [1.82, 2.24) is 10.2 Å². The quantitative estimate of drug-likeness (QED) is 0.334. The maximum absolute atomic E-state index is 13.7. The van der Waals surface area contributed by atoms with E-state index in [9.17, 15) is 18.0 Å². The molecule has 40 heavy (non-hydrogen) atoms. The van der Waals surface area contributed by atoms with Crippen LogP contribution in [0.2, 0.25) is 5.02 Å². The number of carbonyl (C=O) groups is 2. The van der Waals surface area contributed by atoms with Gasteiger partial charge in [0, 0.05) is 30.6 Å². The van der Waals surface area contributed by atoms with Gasteiger partial charge in [-0.25, -0.2) is 8.42 Å². The highest BCUT2D eigenvalue weighted by Crippen LogP contribution is 2.27. The smallest absolute Gasteiger partial charge is 0.243 e. The van der Waals surface area contributed by atoms with Crippen LogP contribution < -0.4 is 14.4 Å². The number of hydrogen-bond donors (Lipinski definition) is 1. The largest absolute Gasteiger partial charge is 0.497 e. The molecule has 1 atom stereocenters. The van der Waals surface area contributed by atoms with E-state index >= 15 is 0 Å². The number of sulfonamides is 1. The van der Waals surface area contributed by atoms with Crippen LogP contribution in [0, 0.1) is 6.92 Å². The molecule has 0 spiro atoms. The molecule has 0 radical (unpaired) electrons. The standard InChI is InChI=1S/C30H42ClN3O5S/c1-5-27(30(36)32-25-10-7-6-8-11-25)33(21-23-14-17-26(39-3)18-15-23)29(35)12-9-19-34(40(4,37)38)28-20-24(31)16-13-22(28)2/h13-18,20,25,27H,5-12,19,21H2,1-4H3,(H,32,36)/t27-/m0/s1. The molecule has 0 heterocycles. The molecule has 3 rings (SSSR count). The number of amides is 2. The van der Waals surface area contributed by atoms with Gasteiger partial charge in [0.05, 0.1) is 19.1 Å². The second-order valence-electron chi connectivity index (χ2n) is 10.5. The predicted octanol–water partition coefficient (Wildman–Crippen LogP) is 5.46. The van der Waals surface area contributed by atoms with E-state index in [4.69, 9.17) is 16.3 Å². The summed E-state index contributed by atoms with van der Waals surface area (Å²) in [6, 6.07) is 12.1. The number of ether oxygens (including phenoxy) is 1. The molecule has 0 aromatic heterocycles. The van der Waals surface area contributed by atoms with Gasteiger partial charge in [-0.2, -0.15) is 0 Å². The van der Waals surface area contributed by atoms with Crippen LogP contribution in [0.15, 0.2) is 42.5 Å². The van der Waals surface area contributed by atoms with Gasteiger partial charge in [0.2, 0.25) is 21.8 Å². The molecule has 1 aliphatic carbocycles. The van der Waals surface area contributed by atoms with Crippen LogP contribution >= 0.6 is 11.6 Å². The summed E-state index contributed by atoms with van der Waals surface area (Å²) in [5.74, 6) is 0.377. The summed E-state index contributed by atoms with van der Waals surface area (Å²) in [6.07, 6.45) is 7.29. The lowest BCUT2D eigenvalue weighted by atomic mass is 9.95. The van der Waals surface area contributed by atoms with Crippen LogP contribution in [0.3, 0.4) is 0 Å². The molecule has 8 nitrogen and oxygen atoms in total. The fourth-order valence-corrected chi connectivity index (χ4v) is 6.41. The van der Waals surface area contributed by atoms with Gasteiger partial charge in [0.25, 0.3) is 0 Å². The SMILES string of the molecule is CC[C@@H](C(=O)NC1CCCCC1)N(Cc1ccc(OC)cc1)C(=O)CCCN(c1cc(Cl)ccc1C)S(C)(=O)=O. The van der Waals surface area contributed by atoms with E-state index in [1.54, 1.807) is 30.2 Å². The highest BCUT2D eigenvalue weighted by atomic mass is 35.5. The summed E-state index contributed by atoms with van der Waals surface area (Å²) in [5.41, 5.74) is 2.15. The van der Waals surface area contributed by atoms with Gasteiger partial charge < -0.3 is 15.0 Å². The molecule has 1 N–H and O–H groups in total. The van der Waals surface area contributed by atoms with Crippen LogP contribution in [-0.4, -0.2) is 57.1 Å². The Bertz CT molecular complexity index is 1250. The zero-order valence-electron chi connectivity index (χ0n) is 24.0. The second kappa shape index (κ2) is 14.7. The number of hydrogen-bond acceptors (Lipinski definition) is 5. The molecule has 2 aromatic carbocycles. The Morgan fingerprint density at radius 2 is 1.77 bits per heavy atom. The monoisotopic (exact) mass is 591 g/mol. The number of aryl methyl sites for hydroxylation is 1. The minimum absolute atomic E-state index is 0.0923. The lowest BCUT2D eigenvalue weighted by Gasteiger charge is -2.33. The van der Waals surface area contributed by atoms with Gasteiger partial charge in [-0.05, 0) is 68.0 Å². The fraction of sp³-hybridized carbons (Fsp3) is 0.533. The Morgan fingerprint density at radius 1 is 1.10 bits per heavy atom. The van der Waals surface area contributed by atoms with Crippen molar-refractivity contribution < 1.29 is 22.7 Å². The zero-order chi connectivity index (χ0) is 29.3. The van der Waals surface area contributed by atoms with Gasteiger partial charge in [-0.3, -0.25) is 13.9 Å². The Morgan fingerprint density at radius 3 is 2.38 bits per heavy atom. The van der Waals surface area contributed by atoms with Crippen molar-refractivity contribution in [2.75, 3.05) is 24.2 Å². The Kier molecular flexibility index (Phi) is 11.7. The molecular weight excluding hydrogens is 550 g/mol.